The Hall–Kier alpha value is -10.2. The molecule has 4 aliphatic heterocycles. The normalized spacial score (nSPS) is 20.1. The number of aliphatic imine (C=N–C) groups is 1. The molecule has 3 unspecified atom stereocenters. The van der Waals surface area contributed by atoms with Gasteiger partial charge in [-0.25, -0.2) is 0 Å². The lowest BCUT2D eigenvalue weighted by molar-refractivity contribution is -0.217. The molecule has 5 aromatic rings. The number of ether oxygens (including phenoxy) is 3. The molecule has 0 spiro atoms. The molecule has 514 valence electrons. The van der Waals surface area contributed by atoms with Gasteiger partial charge < -0.3 is 61.0 Å². The van der Waals surface area contributed by atoms with Gasteiger partial charge >= 0.3 is 6.18 Å². The third-order valence-electron chi connectivity index (χ3n) is 18.6. The first-order chi connectivity index (χ1) is 47.0. The molecule has 0 radical (unpaired) electrons. The van der Waals surface area contributed by atoms with Crippen LogP contribution in [0.4, 0.5) is 30.2 Å². The van der Waals surface area contributed by atoms with Crippen molar-refractivity contribution in [3.63, 3.8) is 0 Å². The molecule has 24 nitrogen and oxygen atoms in total. The number of carbonyl (C=O) groups excluding carboxylic acids is 10. The van der Waals surface area contributed by atoms with E-state index in [1.807, 2.05) is 30.0 Å². The van der Waals surface area contributed by atoms with E-state index < -0.39 is 98.0 Å². The maximum Gasteiger partial charge on any atom is 0.423 e. The van der Waals surface area contributed by atoms with E-state index in [0.29, 0.717) is 90.7 Å². The lowest BCUT2D eigenvalue weighted by Crippen LogP contribution is -2.52. The Balaban J connectivity index is 0.622. The fourth-order valence-electron chi connectivity index (χ4n) is 13.7. The van der Waals surface area contributed by atoms with Crippen LogP contribution in [0.1, 0.15) is 89.9 Å². The first-order valence-electron chi connectivity index (χ1n) is 32.1. The Morgan fingerprint density at radius 3 is 2.23 bits per heavy atom. The SMILES string of the molecule is COc1cc2c(cc1OCC13CC(C1)C(C(=O)N1C[C@@H](CCl)c4c1cc(O)c1cccc(C)c41)C3)N=CC1CC(c3ccc(NC(=O)[C@@H](OCNC(=O)CNC(=O)C(Cc4ccccc4)NC(=O)CNC(=O)CNC(=O)CCCCCN4C(=O)C=CC4=O)C(F)(F)F)cc3)=CN1C2=O. The molecule has 3 fully saturated rings. The number of fused-ring (bicyclic) bond motifs is 6. The highest BCUT2D eigenvalue weighted by molar-refractivity contribution is 6.19. The molecule has 2 bridgehead atoms. The highest BCUT2D eigenvalue weighted by atomic mass is 35.5. The number of phenols is 1. The predicted octanol–water partition coefficient (Wildman–Crippen LogP) is 6.52. The highest BCUT2D eigenvalue weighted by Gasteiger charge is 2.60. The number of aryl methyl sites for hydroxylation is 1. The van der Waals surface area contributed by atoms with E-state index in [9.17, 15) is 66.2 Å². The van der Waals surface area contributed by atoms with E-state index in [1.165, 1.54) is 36.3 Å². The van der Waals surface area contributed by atoms with Crippen LogP contribution < -0.4 is 46.3 Å². The van der Waals surface area contributed by atoms with E-state index in [0.717, 1.165) is 39.6 Å². The van der Waals surface area contributed by atoms with Gasteiger partial charge in [-0.3, -0.25) is 57.8 Å². The Morgan fingerprint density at radius 2 is 1.51 bits per heavy atom. The summed E-state index contributed by atoms with van der Waals surface area (Å²) in [4.78, 5) is 138. The maximum atomic E-state index is 14.4. The van der Waals surface area contributed by atoms with Crippen molar-refractivity contribution in [1.29, 1.82) is 0 Å². The standard InChI is InChI=1S/C70H72ClF3N10O14/c1-39-10-9-13-47-53(85)26-52-63(62(39)47)44(30-71)36-84(52)68(95)49-29-69(27-43(49)28-69)37-97-55-25-50-48(24-54(55)96-2)67(94)83-35-42(23-46(83)31-75-50)41-15-17-45(18-16-41)80-66(93)64(70(72,73)74)98-38-79-58(88)33-78-65(92)51(22-40-11-5-3-6-12-40)81-59(89)34-77-57(87)32-76-56(86)14-7-4-8-21-82-60(90)19-20-61(82)91/h3,5-6,9-13,15-20,24-26,31,35,43-44,46,49,51,64,85H,4,7-8,14,21-23,27-30,32-34,36-38H2,1-2H3,(H,76,86)(H,77,87)(H,78,92)(H,79,88)(H,80,93)(H,81,89)/t43?,44-,46?,49?,51?,64-,69?/m1/s1. The van der Waals surface area contributed by atoms with Gasteiger partial charge in [-0.15, -0.1) is 11.6 Å². The van der Waals surface area contributed by atoms with Gasteiger partial charge in [0.15, 0.2) is 11.5 Å². The second kappa shape index (κ2) is 29.7. The van der Waals surface area contributed by atoms with Gasteiger partial charge in [0.2, 0.25) is 41.5 Å². The summed E-state index contributed by atoms with van der Waals surface area (Å²) in [6.07, 6.45) is 1.39. The third-order valence-corrected chi connectivity index (χ3v) is 19.0. The largest absolute Gasteiger partial charge is 0.507 e. The summed E-state index contributed by atoms with van der Waals surface area (Å²) in [5.41, 5.74) is 4.94. The van der Waals surface area contributed by atoms with Crippen LogP contribution in [0.15, 0.2) is 114 Å². The quantitative estimate of drug-likeness (QED) is 0.0121. The lowest BCUT2D eigenvalue weighted by Gasteiger charge is -2.38. The molecule has 0 saturated heterocycles. The number of nitrogens with one attached hydrogen (secondary N) is 6. The summed E-state index contributed by atoms with van der Waals surface area (Å²) < 4.78 is 59.9. The second-order valence-electron chi connectivity index (χ2n) is 25.3. The zero-order chi connectivity index (χ0) is 69.6. The number of methoxy groups -OCH3 is 1. The van der Waals surface area contributed by atoms with Gasteiger partial charge in [-0.05, 0) is 96.4 Å². The molecular formula is C70H72ClF3N10O14. The van der Waals surface area contributed by atoms with E-state index >= 15 is 0 Å². The van der Waals surface area contributed by atoms with Gasteiger partial charge in [0.25, 0.3) is 23.6 Å². The molecular weight excluding hydrogens is 1300 g/mol. The number of amides is 10. The second-order valence-corrected chi connectivity index (χ2v) is 25.6. The van der Waals surface area contributed by atoms with Gasteiger partial charge in [0.1, 0.15) is 18.5 Å². The van der Waals surface area contributed by atoms with E-state index in [1.54, 1.807) is 73.1 Å². The van der Waals surface area contributed by atoms with Gasteiger partial charge in [-0.2, -0.15) is 13.2 Å². The number of hydrogen-bond acceptors (Lipinski definition) is 15. The van der Waals surface area contributed by atoms with E-state index in [4.69, 9.17) is 30.8 Å². The van der Waals surface area contributed by atoms with Crippen LogP contribution in [-0.4, -0.2) is 164 Å². The van der Waals surface area contributed by atoms with Crippen molar-refractivity contribution in [1.82, 2.24) is 36.4 Å². The number of anilines is 2. The molecule has 10 amide bonds. The van der Waals surface area contributed by atoms with Crippen LogP contribution >= 0.6 is 11.6 Å². The summed E-state index contributed by atoms with van der Waals surface area (Å²) in [7, 11) is 1.47. The van der Waals surface area contributed by atoms with E-state index in [2.05, 4.69) is 31.9 Å². The minimum absolute atomic E-state index is 0.0182. The third kappa shape index (κ3) is 15.5. The summed E-state index contributed by atoms with van der Waals surface area (Å²) in [6, 6.07) is 23.2. The van der Waals surface area contributed by atoms with Crippen LogP contribution in [0, 0.1) is 24.2 Å². The molecule has 3 aliphatic carbocycles. The molecule has 4 heterocycles. The molecule has 7 aliphatic rings. The van der Waals surface area contributed by atoms with Crippen LogP contribution in [0.2, 0.25) is 0 Å². The predicted molar refractivity (Wildman–Crippen MR) is 353 cm³/mol. The van der Waals surface area contributed by atoms with Crippen molar-refractivity contribution in [3.05, 3.63) is 137 Å². The summed E-state index contributed by atoms with van der Waals surface area (Å²) in [5.74, 6) is -5.58. The van der Waals surface area contributed by atoms with Crippen LogP contribution in [0.3, 0.4) is 0 Å². The fourth-order valence-corrected chi connectivity index (χ4v) is 13.9. The molecule has 12 rings (SSSR count). The molecule has 5 aromatic carbocycles. The van der Waals surface area contributed by atoms with Crippen LogP contribution in [0.25, 0.3) is 16.3 Å². The minimum atomic E-state index is -5.24. The zero-order valence-corrected chi connectivity index (χ0v) is 54.3. The Bertz CT molecular complexity index is 4070. The number of rotatable bonds is 28. The number of halogens is 4. The average molecular weight is 1370 g/mol. The molecule has 5 atom stereocenters. The number of imide groups is 1. The Morgan fingerprint density at radius 1 is 0.796 bits per heavy atom. The summed E-state index contributed by atoms with van der Waals surface area (Å²) in [6.45, 7) is 0.00449. The maximum absolute atomic E-state index is 14.4. The molecule has 7 N–H and O–H groups in total. The fraction of sp³-hybridized carbons (Fsp3) is 0.386. The van der Waals surface area contributed by atoms with Crippen molar-refractivity contribution < 1.29 is 80.4 Å². The number of hydrogen-bond donors (Lipinski definition) is 7. The van der Waals surface area contributed by atoms with E-state index in [-0.39, 0.29) is 71.4 Å². The molecule has 98 heavy (non-hydrogen) atoms. The number of phenolic OH excluding ortho intramolecular Hbond substituents is 1. The van der Waals surface area contributed by atoms with Crippen molar-refractivity contribution in [2.24, 2.45) is 22.2 Å². The number of aromatic hydroxyl groups is 1. The smallest absolute Gasteiger partial charge is 0.423 e. The molecule has 0 aromatic heterocycles. The Kier molecular flexibility index (Phi) is 21.0. The number of carbonyl (C=O) groups is 10. The minimum Gasteiger partial charge on any atom is -0.507 e. The van der Waals surface area contributed by atoms with Crippen LogP contribution in [-0.2, 0) is 54.3 Å². The first-order valence-corrected chi connectivity index (χ1v) is 32.6. The molecule has 28 heteroatoms. The monoisotopic (exact) mass is 1370 g/mol. The summed E-state index contributed by atoms with van der Waals surface area (Å²) >= 11 is 6.53. The van der Waals surface area contributed by atoms with Gasteiger partial charge in [0, 0.05) is 103 Å². The zero-order valence-electron chi connectivity index (χ0n) is 53.5. The van der Waals surface area contributed by atoms with Crippen molar-refractivity contribution in [3.8, 4) is 17.2 Å². The van der Waals surface area contributed by atoms with Gasteiger partial charge in [-0.1, -0.05) is 67.1 Å². The van der Waals surface area contributed by atoms with Crippen LogP contribution in [0.5, 0.6) is 17.2 Å². The lowest BCUT2D eigenvalue weighted by atomic mass is 9.70. The first kappa shape index (κ1) is 69.2. The topological polar surface area (TPSA) is 313 Å². The summed E-state index contributed by atoms with van der Waals surface area (Å²) in [5, 5.41) is 26.6. The van der Waals surface area contributed by atoms with Crippen molar-refractivity contribution in [2.75, 3.05) is 69.3 Å². The van der Waals surface area contributed by atoms with Crippen molar-refractivity contribution >= 4 is 110 Å². The number of unbranched alkanes of at least 4 members (excludes halogenated alkanes) is 2. The number of benzene rings is 5. The van der Waals surface area contributed by atoms with Gasteiger partial charge in [0.05, 0.1) is 56.3 Å². The highest BCUT2D eigenvalue weighted by Crippen LogP contribution is 2.63. The average Bonchev–Trinajstić information content (AvgIpc) is 1.56. The molecule has 3 saturated carbocycles. The van der Waals surface area contributed by atoms with Crippen molar-refractivity contribution in [2.45, 2.75) is 95.0 Å². The Labute approximate surface area is 565 Å². The number of alkyl halides is 4. The number of nitrogens with zero attached hydrogens (tertiary/aromatic N) is 4.